The number of likely N-dealkylation sites (tertiary alicyclic amines) is 1. The minimum atomic E-state index is 0.181. The van der Waals surface area contributed by atoms with Crippen LogP contribution >= 0.6 is 11.3 Å². The van der Waals surface area contributed by atoms with Gasteiger partial charge in [-0.05, 0) is 43.6 Å². The molecule has 0 aromatic carbocycles. The van der Waals surface area contributed by atoms with Gasteiger partial charge in [-0.15, -0.1) is 10.2 Å². The number of aromatic nitrogens is 2. The normalized spacial score (nSPS) is 22.0. The molecule has 3 heterocycles. The van der Waals surface area contributed by atoms with Gasteiger partial charge in [-0.1, -0.05) is 12.2 Å². The van der Waals surface area contributed by atoms with E-state index in [9.17, 15) is 4.79 Å². The Hall–Kier alpha value is -1.95. The van der Waals surface area contributed by atoms with Crippen molar-refractivity contribution in [1.29, 1.82) is 0 Å². The largest absolute Gasteiger partial charge is 0.420 e. The number of hydrogen-bond acceptors (Lipinski definition) is 5. The first kappa shape index (κ1) is 15.6. The van der Waals surface area contributed by atoms with Crippen LogP contribution in [0.15, 0.2) is 33.4 Å². The molecule has 2 aliphatic rings. The summed E-state index contributed by atoms with van der Waals surface area (Å²) in [6.45, 7) is 1.58. The predicted octanol–water partition coefficient (Wildman–Crippen LogP) is 3.86. The molecule has 0 N–H and O–H groups in total. The highest BCUT2D eigenvalue weighted by Gasteiger charge is 2.30. The van der Waals surface area contributed by atoms with Crippen LogP contribution in [-0.4, -0.2) is 34.1 Å². The SMILES string of the molecule is O=C([C@H]1CC=CCC1)N1CCC(c2nnc(-c3ccsc3)o2)CC1. The van der Waals surface area contributed by atoms with Gasteiger partial charge < -0.3 is 9.32 Å². The van der Waals surface area contributed by atoms with E-state index < -0.39 is 0 Å². The molecule has 5 nitrogen and oxygen atoms in total. The van der Waals surface area contributed by atoms with E-state index in [2.05, 4.69) is 22.3 Å². The van der Waals surface area contributed by atoms with Gasteiger partial charge in [0, 0.05) is 35.9 Å². The first-order chi connectivity index (χ1) is 11.8. The molecule has 1 aliphatic carbocycles. The lowest BCUT2D eigenvalue weighted by molar-refractivity contribution is -0.136. The zero-order valence-electron chi connectivity index (χ0n) is 13.6. The summed E-state index contributed by atoms with van der Waals surface area (Å²) in [7, 11) is 0. The van der Waals surface area contributed by atoms with E-state index in [-0.39, 0.29) is 11.8 Å². The summed E-state index contributed by atoms with van der Waals surface area (Å²) in [6.07, 6.45) is 9.04. The second-order valence-electron chi connectivity index (χ2n) is 6.54. The van der Waals surface area contributed by atoms with E-state index in [0.29, 0.717) is 17.7 Å². The van der Waals surface area contributed by atoms with E-state index in [1.54, 1.807) is 11.3 Å². The van der Waals surface area contributed by atoms with Crippen LogP contribution in [0.1, 0.15) is 43.9 Å². The van der Waals surface area contributed by atoms with Gasteiger partial charge in [0.2, 0.25) is 17.7 Å². The molecule has 0 radical (unpaired) electrons. The molecule has 0 spiro atoms. The smallest absolute Gasteiger partial charge is 0.248 e. The highest BCUT2D eigenvalue weighted by atomic mass is 32.1. The Kier molecular flexibility index (Phi) is 4.47. The minimum Gasteiger partial charge on any atom is -0.420 e. The van der Waals surface area contributed by atoms with Crippen molar-refractivity contribution >= 4 is 17.2 Å². The summed E-state index contributed by atoms with van der Waals surface area (Å²) < 4.78 is 5.85. The summed E-state index contributed by atoms with van der Waals surface area (Å²) in [5.74, 6) is 2.07. The molecule has 1 saturated heterocycles. The van der Waals surface area contributed by atoms with Crippen molar-refractivity contribution in [2.75, 3.05) is 13.1 Å². The molecule has 1 fully saturated rings. The Bertz CT molecular complexity index is 714. The van der Waals surface area contributed by atoms with Gasteiger partial charge in [-0.25, -0.2) is 0 Å². The third-order valence-electron chi connectivity index (χ3n) is 4.98. The summed E-state index contributed by atoms with van der Waals surface area (Å²) in [4.78, 5) is 14.6. The monoisotopic (exact) mass is 343 g/mol. The number of allylic oxidation sites excluding steroid dienone is 2. The minimum absolute atomic E-state index is 0.181. The maximum absolute atomic E-state index is 12.6. The van der Waals surface area contributed by atoms with Crippen molar-refractivity contribution in [3.8, 4) is 11.5 Å². The standard InChI is InChI=1S/C18H21N3O2S/c22-18(14-4-2-1-3-5-14)21-9-6-13(7-10-21)16-19-20-17(23-16)15-8-11-24-12-15/h1-2,8,11-14H,3-7,9-10H2/t14-/m0/s1. The molecule has 0 bridgehead atoms. The third kappa shape index (κ3) is 3.15. The lowest BCUT2D eigenvalue weighted by atomic mass is 9.91. The number of hydrogen-bond donors (Lipinski definition) is 0. The van der Waals surface area contributed by atoms with Crippen molar-refractivity contribution in [3.05, 3.63) is 34.9 Å². The zero-order valence-corrected chi connectivity index (χ0v) is 14.4. The summed E-state index contributed by atoms with van der Waals surface area (Å²) >= 11 is 1.62. The van der Waals surface area contributed by atoms with Gasteiger partial charge in [0.1, 0.15) is 0 Å². The Morgan fingerprint density at radius 1 is 1.21 bits per heavy atom. The molecular weight excluding hydrogens is 322 g/mol. The average Bonchev–Trinajstić information content (AvgIpc) is 3.33. The van der Waals surface area contributed by atoms with Gasteiger partial charge in [0.25, 0.3) is 0 Å². The Morgan fingerprint density at radius 3 is 2.79 bits per heavy atom. The number of nitrogens with zero attached hydrogens (tertiary/aromatic N) is 3. The molecule has 1 aliphatic heterocycles. The predicted molar refractivity (Wildman–Crippen MR) is 92.6 cm³/mol. The lowest BCUT2D eigenvalue weighted by Crippen LogP contribution is -2.41. The molecule has 6 heteroatoms. The number of amides is 1. The van der Waals surface area contributed by atoms with Gasteiger partial charge >= 0.3 is 0 Å². The first-order valence-electron chi connectivity index (χ1n) is 8.61. The van der Waals surface area contributed by atoms with Gasteiger partial charge in [-0.3, -0.25) is 4.79 Å². The third-order valence-corrected chi connectivity index (χ3v) is 5.67. The maximum atomic E-state index is 12.6. The van der Waals surface area contributed by atoms with Crippen LogP contribution < -0.4 is 0 Å². The second kappa shape index (κ2) is 6.89. The van der Waals surface area contributed by atoms with Crippen LogP contribution in [0, 0.1) is 5.92 Å². The van der Waals surface area contributed by atoms with Crippen LogP contribution in [0.25, 0.3) is 11.5 Å². The van der Waals surface area contributed by atoms with Crippen LogP contribution in [0.2, 0.25) is 0 Å². The van der Waals surface area contributed by atoms with Crippen molar-refractivity contribution < 1.29 is 9.21 Å². The van der Waals surface area contributed by atoms with Crippen LogP contribution in [-0.2, 0) is 4.79 Å². The second-order valence-corrected chi connectivity index (χ2v) is 7.32. The highest BCUT2D eigenvalue weighted by Crippen LogP contribution is 2.31. The number of carbonyl (C=O) groups is 1. The highest BCUT2D eigenvalue weighted by molar-refractivity contribution is 7.08. The Morgan fingerprint density at radius 2 is 2.08 bits per heavy atom. The van der Waals surface area contributed by atoms with Crippen molar-refractivity contribution in [2.24, 2.45) is 5.92 Å². The van der Waals surface area contributed by atoms with E-state index in [1.807, 2.05) is 21.7 Å². The quantitative estimate of drug-likeness (QED) is 0.794. The molecule has 1 atom stereocenters. The maximum Gasteiger partial charge on any atom is 0.248 e. The fraction of sp³-hybridized carbons (Fsp3) is 0.500. The summed E-state index contributed by atoms with van der Waals surface area (Å²) in [5, 5.41) is 12.4. The molecule has 24 heavy (non-hydrogen) atoms. The fourth-order valence-electron chi connectivity index (χ4n) is 3.53. The Balaban J connectivity index is 1.36. The van der Waals surface area contributed by atoms with E-state index in [1.165, 1.54) is 0 Å². The van der Waals surface area contributed by atoms with E-state index in [0.717, 1.165) is 50.8 Å². The molecule has 2 aromatic heterocycles. The fourth-order valence-corrected chi connectivity index (χ4v) is 4.16. The molecular formula is C18H21N3O2S. The molecule has 4 rings (SSSR count). The molecule has 1 amide bonds. The van der Waals surface area contributed by atoms with Crippen LogP contribution in [0.5, 0.6) is 0 Å². The summed E-state index contributed by atoms with van der Waals surface area (Å²) in [5.41, 5.74) is 0.983. The number of piperidine rings is 1. The van der Waals surface area contributed by atoms with E-state index >= 15 is 0 Å². The number of rotatable bonds is 3. The molecule has 2 aromatic rings. The van der Waals surface area contributed by atoms with Gasteiger partial charge in [0.15, 0.2) is 0 Å². The van der Waals surface area contributed by atoms with Crippen LogP contribution in [0.3, 0.4) is 0 Å². The molecule has 0 saturated carbocycles. The number of thiophene rings is 1. The topological polar surface area (TPSA) is 59.2 Å². The van der Waals surface area contributed by atoms with Crippen LogP contribution in [0.4, 0.5) is 0 Å². The van der Waals surface area contributed by atoms with Crippen molar-refractivity contribution in [2.45, 2.75) is 38.0 Å². The van der Waals surface area contributed by atoms with E-state index in [4.69, 9.17) is 4.42 Å². The van der Waals surface area contributed by atoms with Gasteiger partial charge in [-0.2, -0.15) is 11.3 Å². The van der Waals surface area contributed by atoms with Crippen molar-refractivity contribution in [1.82, 2.24) is 15.1 Å². The average molecular weight is 343 g/mol. The summed E-state index contributed by atoms with van der Waals surface area (Å²) in [6, 6.07) is 1.99. The zero-order chi connectivity index (χ0) is 16.4. The lowest BCUT2D eigenvalue weighted by Gasteiger charge is -2.33. The first-order valence-corrected chi connectivity index (χ1v) is 9.55. The molecule has 0 unspecified atom stereocenters. The molecule has 126 valence electrons. The van der Waals surface area contributed by atoms with Crippen molar-refractivity contribution in [3.63, 3.8) is 0 Å². The van der Waals surface area contributed by atoms with Gasteiger partial charge in [0.05, 0.1) is 0 Å². The Labute approximate surface area is 145 Å². The number of carbonyl (C=O) groups excluding carboxylic acids is 1.